The monoisotopic (exact) mass is 428 g/mol. The summed E-state index contributed by atoms with van der Waals surface area (Å²) < 4.78 is 0. The number of carboxylic acid groups (broad SMARTS) is 1. The van der Waals surface area contributed by atoms with Gasteiger partial charge in [0, 0.05) is 60.5 Å². The molecule has 3 heterocycles. The van der Waals surface area contributed by atoms with E-state index in [1.807, 2.05) is 29.6 Å². The number of nitrogens with zero attached hydrogens (tertiary/aromatic N) is 2. The maximum Gasteiger partial charge on any atom is 0.326 e. The van der Waals surface area contributed by atoms with Gasteiger partial charge in [-0.05, 0) is 11.6 Å². The molecule has 2 aromatic heterocycles. The molecule has 3 aromatic rings. The standard InChI is InChI=1S/C21H24N4O4S/c1-13(15-12-23-16-5-3-2-4-14(15)16)17(18(26)27)24-20(28)25-9-6-21(29,7-10-25)19-22-8-11-30-19/h2-5,8,11-13,17,23,29H,6-7,9-10H2,1H3,(H,24,28)(H,26,27)/t13-,17+/m0/s1. The Morgan fingerprint density at radius 3 is 2.70 bits per heavy atom. The summed E-state index contributed by atoms with van der Waals surface area (Å²) >= 11 is 1.39. The van der Waals surface area contributed by atoms with Crippen molar-refractivity contribution in [2.45, 2.75) is 37.3 Å². The van der Waals surface area contributed by atoms with E-state index >= 15 is 0 Å². The largest absolute Gasteiger partial charge is 0.480 e. The van der Waals surface area contributed by atoms with E-state index in [1.54, 1.807) is 24.2 Å². The molecule has 8 nitrogen and oxygen atoms in total. The number of rotatable bonds is 5. The quantitative estimate of drug-likeness (QED) is 0.498. The second-order valence-electron chi connectivity index (χ2n) is 7.70. The summed E-state index contributed by atoms with van der Waals surface area (Å²) in [4.78, 5) is 33.7. The van der Waals surface area contributed by atoms with E-state index in [9.17, 15) is 19.8 Å². The first-order valence-corrected chi connectivity index (χ1v) is 10.7. The third-order valence-corrected chi connectivity index (χ3v) is 6.83. The second kappa shape index (κ2) is 8.08. The van der Waals surface area contributed by atoms with Crippen LogP contribution in [0.1, 0.15) is 36.3 Å². The van der Waals surface area contributed by atoms with E-state index in [0.29, 0.717) is 30.9 Å². The van der Waals surface area contributed by atoms with Gasteiger partial charge in [0.2, 0.25) is 0 Å². The summed E-state index contributed by atoms with van der Waals surface area (Å²) in [5.74, 6) is -1.52. The topological polar surface area (TPSA) is 119 Å². The van der Waals surface area contributed by atoms with E-state index in [2.05, 4.69) is 15.3 Å². The smallest absolute Gasteiger partial charge is 0.326 e. The Kier molecular flexibility index (Phi) is 5.48. The van der Waals surface area contributed by atoms with Crippen LogP contribution >= 0.6 is 11.3 Å². The molecule has 2 atom stereocenters. The molecular formula is C21H24N4O4S. The Bertz CT molecular complexity index is 1040. The summed E-state index contributed by atoms with van der Waals surface area (Å²) in [6, 6.07) is 6.16. The van der Waals surface area contributed by atoms with Crippen molar-refractivity contribution in [1.29, 1.82) is 0 Å². The molecule has 0 saturated carbocycles. The van der Waals surface area contributed by atoms with Crippen molar-refractivity contribution in [3.8, 4) is 0 Å². The van der Waals surface area contributed by atoms with Crippen LogP contribution in [-0.2, 0) is 10.4 Å². The van der Waals surface area contributed by atoms with Gasteiger partial charge in [-0.2, -0.15) is 0 Å². The number of aromatic amines is 1. The fraction of sp³-hybridized carbons (Fsp3) is 0.381. The van der Waals surface area contributed by atoms with Crippen LogP contribution in [0.5, 0.6) is 0 Å². The number of H-pyrrole nitrogens is 1. The van der Waals surface area contributed by atoms with Crippen LogP contribution in [0.25, 0.3) is 10.9 Å². The van der Waals surface area contributed by atoms with Gasteiger partial charge in [0.25, 0.3) is 0 Å². The predicted octanol–water partition coefficient (Wildman–Crippen LogP) is 2.87. The molecule has 1 aliphatic heterocycles. The van der Waals surface area contributed by atoms with Crippen molar-refractivity contribution in [2.75, 3.05) is 13.1 Å². The Labute approximate surface area is 177 Å². The average Bonchev–Trinajstić information content (AvgIpc) is 3.42. The van der Waals surface area contributed by atoms with E-state index in [0.717, 1.165) is 16.5 Å². The zero-order chi connectivity index (χ0) is 21.3. The highest BCUT2D eigenvalue weighted by atomic mass is 32.1. The summed E-state index contributed by atoms with van der Waals surface area (Å²) in [6.45, 7) is 2.46. The number of benzene rings is 1. The molecule has 0 bridgehead atoms. The number of aromatic nitrogens is 2. The van der Waals surface area contributed by atoms with Crippen LogP contribution < -0.4 is 5.32 Å². The minimum Gasteiger partial charge on any atom is -0.480 e. The molecular weight excluding hydrogens is 404 g/mol. The minimum atomic E-state index is -1.09. The zero-order valence-electron chi connectivity index (χ0n) is 16.5. The number of amides is 2. The van der Waals surface area contributed by atoms with Gasteiger partial charge in [-0.3, -0.25) is 0 Å². The second-order valence-corrected chi connectivity index (χ2v) is 8.59. The molecule has 1 fully saturated rings. The fourth-order valence-corrected chi connectivity index (χ4v) is 4.82. The van der Waals surface area contributed by atoms with Crippen molar-refractivity contribution in [2.24, 2.45) is 0 Å². The molecule has 9 heteroatoms. The first-order chi connectivity index (χ1) is 14.4. The van der Waals surface area contributed by atoms with Crippen molar-refractivity contribution in [3.05, 3.63) is 52.6 Å². The number of thiazole rings is 1. The van der Waals surface area contributed by atoms with Gasteiger partial charge < -0.3 is 25.4 Å². The maximum atomic E-state index is 12.8. The lowest BCUT2D eigenvalue weighted by Gasteiger charge is -2.37. The molecule has 0 aliphatic carbocycles. The number of aliphatic carboxylic acids is 1. The lowest BCUT2D eigenvalue weighted by Crippen LogP contribution is -2.53. The van der Waals surface area contributed by atoms with Crippen molar-refractivity contribution in [1.82, 2.24) is 20.2 Å². The summed E-state index contributed by atoms with van der Waals surface area (Å²) in [6.07, 6.45) is 4.18. The number of carbonyl (C=O) groups is 2. The molecule has 0 unspecified atom stereocenters. The van der Waals surface area contributed by atoms with E-state index in [1.165, 1.54) is 11.3 Å². The van der Waals surface area contributed by atoms with Gasteiger partial charge in [0.1, 0.15) is 16.7 Å². The minimum absolute atomic E-state index is 0.329. The van der Waals surface area contributed by atoms with Crippen molar-refractivity contribution < 1.29 is 19.8 Å². The van der Waals surface area contributed by atoms with Crippen LogP contribution in [0.4, 0.5) is 4.79 Å². The van der Waals surface area contributed by atoms with Crippen LogP contribution in [-0.4, -0.2) is 56.2 Å². The highest BCUT2D eigenvalue weighted by Gasteiger charge is 2.38. The first kappa shape index (κ1) is 20.4. The highest BCUT2D eigenvalue weighted by molar-refractivity contribution is 7.09. The van der Waals surface area contributed by atoms with Crippen LogP contribution in [0.15, 0.2) is 42.0 Å². The Morgan fingerprint density at radius 1 is 1.30 bits per heavy atom. The van der Waals surface area contributed by atoms with Crippen molar-refractivity contribution in [3.63, 3.8) is 0 Å². The molecule has 0 spiro atoms. The number of urea groups is 1. The average molecular weight is 429 g/mol. The highest BCUT2D eigenvalue weighted by Crippen LogP contribution is 2.34. The zero-order valence-corrected chi connectivity index (χ0v) is 17.4. The number of piperidine rings is 1. The van der Waals surface area contributed by atoms with Gasteiger partial charge in [0.05, 0.1) is 0 Å². The number of fused-ring (bicyclic) bond motifs is 1. The number of carboxylic acids is 1. The van der Waals surface area contributed by atoms with Gasteiger partial charge >= 0.3 is 12.0 Å². The van der Waals surface area contributed by atoms with E-state index < -0.39 is 29.6 Å². The SMILES string of the molecule is C[C@@H](c1c[nH]c2ccccc12)[C@@H](NC(=O)N1CCC(O)(c2nccs2)CC1)C(=O)O. The van der Waals surface area contributed by atoms with Crippen LogP contribution in [0, 0.1) is 0 Å². The molecule has 1 aliphatic rings. The van der Waals surface area contributed by atoms with Gasteiger partial charge in [-0.25, -0.2) is 14.6 Å². The maximum absolute atomic E-state index is 12.8. The van der Waals surface area contributed by atoms with Gasteiger partial charge in [-0.15, -0.1) is 11.3 Å². The lowest BCUT2D eigenvalue weighted by atomic mass is 9.91. The molecule has 1 aromatic carbocycles. The molecule has 1 saturated heterocycles. The summed E-state index contributed by atoms with van der Waals surface area (Å²) in [5, 5.41) is 26.7. The van der Waals surface area contributed by atoms with Crippen LogP contribution in [0.3, 0.4) is 0 Å². The van der Waals surface area contributed by atoms with Gasteiger partial charge in [-0.1, -0.05) is 25.1 Å². The molecule has 2 amide bonds. The predicted molar refractivity (Wildman–Crippen MR) is 113 cm³/mol. The molecule has 0 radical (unpaired) electrons. The fourth-order valence-electron chi connectivity index (χ4n) is 4.02. The number of nitrogens with one attached hydrogen (secondary N) is 2. The van der Waals surface area contributed by atoms with E-state index in [4.69, 9.17) is 0 Å². The summed E-state index contributed by atoms with van der Waals surface area (Å²) in [7, 11) is 0. The Balaban J connectivity index is 1.45. The number of hydrogen-bond acceptors (Lipinski definition) is 5. The molecule has 30 heavy (non-hydrogen) atoms. The number of hydrogen-bond donors (Lipinski definition) is 4. The van der Waals surface area contributed by atoms with E-state index in [-0.39, 0.29) is 0 Å². The molecule has 4 N–H and O–H groups in total. The number of likely N-dealkylation sites (tertiary alicyclic amines) is 1. The van der Waals surface area contributed by atoms with Crippen molar-refractivity contribution >= 4 is 34.2 Å². The normalized spacial score (nSPS) is 18.1. The van der Waals surface area contributed by atoms with Crippen LogP contribution in [0.2, 0.25) is 0 Å². The number of aliphatic hydroxyl groups is 1. The third kappa shape index (κ3) is 3.78. The number of carbonyl (C=O) groups excluding carboxylic acids is 1. The Morgan fingerprint density at radius 2 is 2.03 bits per heavy atom. The first-order valence-electron chi connectivity index (χ1n) is 9.86. The molecule has 158 valence electrons. The third-order valence-electron chi connectivity index (χ3n) is 5.87. The van der Waals surface area contributed by atoms with Gasteiger partial charge in [0.15, 0.2) is 0 Å². The Hall–Kier alpha value is -2.91. The number of para-hydroxylation sites is 1. The summed E-state index contributed by atoms with van der Waals surface area (Å²) in [5.41, 5.74) is 0.733. The molecule has 4 rings (SSSR count). The lowest BCUT2D eigenvalue weighted by molar-refractivity contribution is -0.139.